The van der Waals surface area contributed by atoms with Gasteiger partial charge in [-0.2, -0.15) is 5.10 Å². The van der Waals surface area contributed by atoms with E-state index in [1.807, 2.05) is 54.6 Å². The maximum atomic E-state index is 6.37. The lowest BCUT2D eigenvalue weighted by atomic mass is 9.50. The highest BCUT2D eigenvalue weighted by atomic mass is 16.5. The van der Waals surface area contributed by atoms with Crippen molar-refractivity contribution in [2.75, 3.05) is 5.73 Å². The van der Waals surface area contributed by atoms with Crippen LogP contribution >= 0.6 is 0 Å². The predicted molar refractivity (Wildman–Crippen MR) is 144 cm³/mol. The molecule has 2 saturated carbocycles. The Morgan fingerprint density at radius 3 is 2.25 bits per heavy atom. The Bertz CT molecular complexity index is 1350. The van der Waals surface area contributed by atoms with Gasteiger partial charge in [0.15, 0.2) is 5.65 Å². The second kappa shape index (κ2) is 8.61. The van der Waals surface area contributed by atoms with Gasteiger partial charge in [0.05, 0.1) is 11.4 Å². The number of hydrogen-bond acceptors (Lipinski definition) is 5. The topological polar surface area (TPSA) is 78.9 Å². The van der Waals surface area contributed by atoms with E-state index in [1.54, 1.807) is 6.33 Å². The van der Waals surface area contributed by atoms with Crippen molar-refractivity contribution in [3.05, 3.63) is 60.9 Å². The minimum absolute atomic E-state index is 0.343. The third kappa shape index (κ3) is 4.12. The number of anilines is 1. The van der Waals surface area contributed by atoms with E-state index < -0.39 is 0 Å². The molecule has 2 aliphatic rings. The van der Waals surface area contributed by atoms with Gasteiger partial charge in [-0.25, -0.2) is 14.6 Å². The summed E-state index contributed by atoms with van der Waals surface area (Å²) in [5.41, 5.74) is 10.00. The summed E-state index contributed by atoms with van der Waals surface area (Å²) in [6.07, 6.45) is 9.13. The van der Waals surface area contributed by atoms with Gasteiger partial charge in [-0.15, -0.1) is 0 Å². The van der Waals surface area contributed by atoms with E-state index in [9.17, 15) is 0 Å². The number of nitrogens with two attached hydrogens (primary N) is 1. The van der Waals surface area contributed by atoms with Crippen LogP contribution in [-0.2, 0) is 0 Å². The Kier molecular flexibility index (Phi) is 5.51. The molecular formula is C30H35N5O. The molecule has 0 unspecified atom stereocenters. The van der Waals surface area contributed by atoms with E-state index in [0.717, 1.165) is 52.5 Å². The van der Waals surface area contributed by atoms with Gasteiger partial charge in [-0.1, -0.05) is 39.0 Å². The maximum Gasteiger partial charge on any atom is 0.164 e. The first-order valence-corrected chi connectivity index (χ1v) is 13.1. The van der Waals surface area contributed by atoms with Gasteiger partial charge in [-0.05, 0) is 91.7 Å². The van der Waals surface area contributed by atoms with Gasteiger partial charge in [0.25, 0.3) is 0 Å². The van der Waals surface area contributed by atoms with Crippen molar-refractivity contribution < 1.29 is 4.74 Å². The van der Waals surface area contributed by atoms with Crippen molar-refractivity contribution in [2.24, 2.45) is 16.7 Å². The molecule has 4 aromatic rings. The molecule has 2 aromatic carbocycles. The molecule has 0 atom stereocenters. The lowest BCUT2D eigenvalue weighted by Crippen LogP contribution is -2.45. The highest BCUT2D eigenvalue weighted by Crippen LogP contribution is 2.60. The second-order valence-corrected chi connectivity index (χ2v) is 11.9. The van der Waals surface area contributed by atoms with Crippen molar-refractivity contribution in [1.29, 1.82) is 0 Å². The number of ether oxygens (including phenoxy) is 1. The molecule has 186 valence electrons. The van der Waals surface area contributed by atoms with Crippen LogP contribution in [0.4, 0.5) is 5.82 Å². The predicted octanol–water partition coefficient (Wildman–Crippen LogP) is 7.43. The minimum Gasteiger partial charge on any atom is -0.457 e. The van der Waals surface area contributed by atoms with Crippen molar-refractivity contribution in [3.8, 4) is 22.8 Å². The normalized spacial score (nSPS) is 24.1. The van der Waals surface area contributed by atoms with Gasteiger partial charge in [0, 0.05) is 5.56 Å². The highest BCUT2D eigenvalue weighted by molar-refractivity contribution is 5.98. The molecule has 6 nitrogen and oxygen atoms in total. The molecule has 0 aliphatic heterocycles. The molecule has 2 aromatic heterocycles. The molecular weight excluding hydrogens is 446 g/mol. The number of nitrogen functional groups attached to an aromatic ring is 1. The third-order valence-corrected chi connectivity index (χ3v) is 8.57. The van der Waals surface area contributed by atoms with Gasteiger partial charge in [0.1, 0.15) is 29.3 Å². The van der Waals surface area contributed by atoms with Gasteiger partial charge >= 0.3 is 0 Å². The number of fused-ring (bicyclic) bond motifs is 1. The van der Waals surface area contributed by atoms with Crippen molar-refractivity contribution in [3.63, 3.8) is 0 Å². The Balaban J connectivity index is 1.25. The SMILES string of the molecule is CC(C)(C)C1CC2(CCC(n3nc(-c4ccc(Oc5ccccc5)cc4)c4c(N)ncnc43)CC2)C1. The quantitative estimate of drug-likeness (QED) is 0.328. The molecule has 2 N–H and O–H groups in total. The fourth-order valence-corrected chi connectivity index (χ4v) is 6.22. The Hall–Kier alpha value is -3.41. The fourth-order valence-electron chi connectivity index (χ4n) is 6.22. The van der Waals surface area contributed by atoms with Gasteiger partial charge < -0.3 is 10.5 Å². The first kappa shape index (κ1) is 23.0. The van der Waals surface area contributed by atoms with Crippen LogP contribution in [0.1, 0.15) is 65.3 Å². The maximum absolute atomic E-state index is 6.37. The van der Waals surface area contributed by atoms with Crippen LogP contribution < -0.4 is 10.5 Å². The summed E-state index contributed by atoms with van der Waals surface area (Å²) in [5, 5.41) is 5.94. The molecule has 36 heavy (non-hydrogen) atoms. The number of para-hydroxylation sites is 1. The summed E-state index contributed by atoms with van der Waals surface area (Å²) in [5.74, 6) is 2.93. The zero-order valence-corrected chi connectivity index (χ0v) is 21.4. The summed E-state index contributed by atoms with van der Waals surface area (Å²) in [6, 6.07) is 18.2. The third-order valence-electron chi connectivity index (χ3n) is 8.57. The van der Waals surface area contributed by atoms with E-state index >= 15 is 0 Å². The highest BCUT2D eigenvalue weighted by Gasteiger charge is 2.49. The molecule has 2 aliphatic carbocycles. The zero-order chi connectivity index (χ0) is 24.9. The largest absolute Gasteiger partial charge is 0.457 e. The number of nitrogens with zero attached hydrogens (tertiary/aromatic N) is 4. The van der Waals surface area contributed by atoms with Crippen LogP contribution in [0.3, 0.4) is 0 Å². The van der Waals surface area contributed by atoms with Crippen LogP contribution in [0.5, 0.6) is 11.5 Å². The lowest BCUT2D eigenvalue weighted by Gasteiger charge is -2.55. The molecule has 0 radical (unpaired) electrons. The number of hydrogen-bond donors (Lipinski definition) is 1. The van der Waals surface area contributed by atoms with Crippen molar-refractivity contribution in [1.82, 2.24) is 19.7 Å². The fraction of sp³-hybridized carbons (Fsp3) is 0.433. The molecule has 0 saturated heterocycles. The minimum atomic E-state index is 0.343. The van der Waals surface area contributed by atoms with Crippen LogP contribution in [0.15, 0.2) is 60.9 Å². The van der Waals surface area contributed by atoms with Gasteiger partial charge in [0.2, 0.25) is 0 Å². The van der Waals surface area contributed by atoms with E-state index in [1.165, 1.54) is 25.7 Å². The molecule has 0 amide bonds. The average Bonchev–Trinajstić information content (AvgIpc) is 3.24. The van der Waals surface area contributed by atoms with Crippen molar-refractivity contribution >= 4 is 16.9 Å². The molecule has 2 heterocycles. The monoisotopic (exact) mass is 481 g/mol. The second-order valence-electron chi connectivity index (χ2n) is 11.9. The van der Waals surface area contributed by atoms with Gasteiger partial charge in [-0.3, -0.25) is 0 Å². The average molecular weight is 482 g/mol. The number of rotatable bonds is 4. The summed E-state index contributed by atoms with van der Waals surface area (Å²) in [4.78, 5) is 8.93. The molecule has 2 fully saturated rings. The lowest BCUT2D eigenvalue weighted by molar-refractivity contribution is -0.0479. The molecule has 6 rings (SSSR count). The summed E-state index contributed by atoms with van der Waals surface area (Å²) >= 11 is 0. The van der Waals surface area contributed by atoms with E-state index in [-0.39, 0.29) is 0 Å². The molecule has 6 heteroatoms. The van der Waals surface area contributed by atoms with E-state index in [2.05, 4.69) is 35.4 Å². The first-order valence-electron chi connectivity index (χ1n) is 13.1. The first-order chi connectivity index (χ1) is 17.3. The van der Waals surface area contributed by atoms with E-state index in [0.29, 0.717) is 22.7 Å². The summed E-state index contributed by atoms with van der Waals surface area (Å²) < 4.78 is 8.10. The summed E-state index contributed by atoms with van der Waals surface area (Å²) in [7, 11) is 0. The van der Waals surface area contributed by atoms with Crippen LogP contribution in [0.2, 0.25) is 0 Å². The Morgan fingerprint density at radius 2 is 1.58 bits per heavy atom. The van der Waals surface area contributed by atoms with Crippen LogP contribution in [0, 0.1) is 16.7 Å². The van der Waals surface area contributed by atoms with Crippen molar-refractivity contribution in [2.45, 2.75) is 65.3 Å². The molecule has 0 bridgehead atoms. The number of aromatic nitrogens is 4. The summed E-state index contributed by atoms with van der Waals surface area (Å²) in [6.45, 7) is 7.16. The Labute approximate surface area is 212 Å². The standard InChI is InChI=1S/C30H35N5O/c1-29(2,3)21-17-30(18-21)15-13-22(14-16-30)35-28-25(27(31)32-19-33-28)26(34-35)20-9-11-24(12-10-20)36-23-7-5-4-6-8-23/h4-12,19,21-22H,13-18H2,1-3H3,(H2,31,32,33). The van der Waals surface area contributed by atoms with Crippen LogP contribution in [0.25, 0.3) is 22.3 Å². The number of benzene rings is 2. The zero-order valence-electron chi connectivity index (χ0n) is 21.4. The van der Waals surface area contributed by atoms with Crippen LogP contribution in [-0.4, -0.2) is 19.7 Å². The van der Waals surface area contributed by atoms with E-state index in [4.69, 9.17) is 15.6 Å². The Morgan fingerprint density at radius 1 is 0.917 bits per heavy atom. The smallest absolute Gasteiger partial charge is 0.164 e. The molecule has 1 spiro atoms.